The first-order valence-electron chi connectivity index (χ1n) is 11.1. The van der Waals surface area contributed by atoms with Gasteiger partial charge in [-0.3, -0.25) is 14.6 Å². The van der Waals surface area contributed by atoms with E-state index in [1.807, 2.05) is 0 Å². The number of carboxylic acids is 1. The first-order valence-corrected chi connectivity index (χ1v) is 12.2. The molecule has 1 atom stereocenters. The number of nitrogens with zero attached hydrogens (tertiary/aromatic N) is 3. The topological polar surface area (TPSA) is 122 Å². The number of methoxy groups -OCH3 is 1. The van der Waals surface area contributed by atoms with E-state index in [4.69, 9.17) is 16.3 Å². The molecule has 0 saturated heterocycles. The molecule has 37 heavy (non-hydrogen) atoms. The molecule has 1 aromatic carbocycles. The van der Waals surface area contributed by atoms with E-state index in [9.17, 15) is 24.8 Å². The number of hydrogen-bond acceptors (Lipinski definition) is 7. The van der Waals surface area contributed by atoms with Crippen LogP contribution in [0.25, 0.3) is 11.1 Å². The predicted octanol–water partition coefficient (Wildman–Crippen LogP) is 4.80. The van der Waals surface area contributed by atoms with Gasteiger partial charge in [0.25, 0.3) is 5.56 Å². The zero-order valence-electron chi connectivity index (χ0n) is 19.6. The summed E-state index contributed by atoms with van der Waals surface area (Å²) in [6, 6.07) is 15.5. The summed E-state index contributed by atoms with van der Waals surface area (Å²) < 4.78 is 6.85. The van der Waals surface area contributed by atoms with Crippen LogP contribution >= 0.6 is 22.9 Å². The fourth-order valence-corrected chi connectivity index (χ4v) is 4.97. The SMILES string of the molecule is COc1cn(C(Cc2ccccn2)C(=O)Cc2ccc(C(=O)O)s2)c(=O)cc1-c1cc(Cl)ccc1C#N. The molecule has 0 spiro atoms. The second-order valence-corrected chi connectivity index (χ2v) is 9.66. The van der Waals surface area contributed by atoms with Crippen LogP contribution in [0.1, 0.15) is 31.8 Å². The van der Waals surface area contributed by atoms with Crippen molar-refractivity contribution in [3.63, 3.8) is 0 Å². The molecule has 4 rings (SSSR count). The first-order chi connectivity index (χ1) is 17.8. The summed E-state index contributed by atoms with van der Waals surface area (Å²) >= 11 is 7.16. The number of ketones is 1. The molecule has 0 amide bonds. The third kappa shape index (κ3) is 5.77. The lowest BCUT2D eigenvalue weighted by Crippen LogP contribution is -2.32. The molecule has 0 bridgehead atoms. The maximum absolute atomic E-state index is 13.5. The fourth-order valence-electron chi connectivity index (χ4n) is 3.94. The maximum Gasteiger partial charge on any atom is 0.345 e. The van der Waals surface area contributed by atoms with E-state index in [1.165, 1.54) is 30.0 Å². The highest BCUT2D eigenvalue weighted by Gasteiger charge is 2.26. The molecule has 1 N–H and O–H groups in total. The molecule has 3 aromatic heterocycles. The summed E-state index contributed by atoms with van der Waals surface area (Å²) in [5.41, 5.74) is 1.24. The highest BCUT2D eigenvalue weighted by Crippen LogP contribution is 2.33. The Labute approximate surface area is 221 Å². The van der Waals surface area contributed by atoms with Crippen molar-refractivity contribution in [3.05, 3.63) is 103 Å². The highest BCUT2D eigenvalue weighted by atomic mass is 35.5. The van der Waals surface area contributed by atoms with Crippen molar-refractivity contribution in [1.29, 1.82) is 5.26 Å². The number of rotatable bonds is 9. The molecule has 0 aliphatic rings. The van der Waals surface area contributed by atoms with E-state index in [0.717, 1.165) is 11.3 Å². The van der Waals surface area contributed by atoms with E-state index >= 15 is 0 Å². The second-order valence-electron chi connectivity index (χ2n) is 8.06. The summed E-state index contributed by atoms with van der Waals surface area (Å²) in [5, 5.41) is 19.2. The van der Waals surface area contributed by atoms with Gasteiger partial charge in [-0.1, -0.05) is 17.7 Å². The molecular formula is C27H20ClN3O5S. The molecule has 0 saturated carbocycles. The minimum atomic E-state index is -1.07. The van der Waals surface area contributed by atoms with Crippen molar-refractivity contribution < 1.29 is 19.4 Å². The van der Waals surface area contributed by atoms with Gasteiger partial charge in [0.15, 0.2) is 5.78 Å². The minimum Gasteiger partial charge on any atom is -0.495 e. The number of pyridine rings is 2. The lowest BCUT2D eigenvalue weighted by atomic mass is 9.99. The summed E-state index contributed by atoms with van der Waals surface area (Å²) in [6.07, 6.45) is 3.13. The number of benzene rings is 1. The van der Waals surface area contributed by atoms with Crippen molar-refractivity contribution in [2.45, 2.75) is 18.9 Å². The third-order valence-corrected chi connectivity index (χ3v) is 7.02. The molecule has 4 aromatic rings. The van der Waals surface area contributed by atoms with Crippen molar-refractivity contribution in [2.75, 3.05) is 7.11 Å². The van der Waals surface area contributed by atoms with Crippen LogP contribution in [0.3, 0.4) is 0 Å². The van der Waals surface area contributed by atoms with E-state index in [-0.39, 0.29) is 29.3 Å². The lowest BCUT2D eigenvalue weighted by Gasteiger charge is -2.21. The van der Waals surface area contributed by atoms with E-state index in [1.54, 1.807) is 48.7 Å². The van der Waals surface area contributed by atoms with Gasteiger partial charge >= 0.3 is 5.97 Å². The van der Waals surface area contributed by atoms with E-state index < -0.39 is 17.6 Å². The van der Waals surface area contributed by atoms with Gasteiger partial charge in [-0.05, 0) is 42.5 Å². The number of hydrogen-bond donors (Lipinski definition) is 1. The van der Waals surface area contributed by atoms with Crippen molar-refractivity contribution in [2.24, 2.45) is 0 Å². The summed E-state index contributed by atoms with van der Waals surface area (Å²) in [7, 11) is 1.43. The average Bonchev–Trinajstić information content (AvgIpc) is 3.36. The molecular weight excluding hydrogens is 514 g/mol. The van der Waals surface area contributed by atoms with Gasteiger partial charge in [0, 0.05) is 51.8 Å². The van der Waals surface area contributed by atoms with Gasteiger partial charge in [0.2, 0.25) is 0 Å². The number of carbonyl (C=O) groups is 2. The maximum atomic E-state index is 13.5. The third-order valence-electron chi connectivity index (χ3n) is 5.71. The fraction of sp³-hybridized carbons (Fsp3) is 0.148. The van der Waals surface area contributed by atoms with Gasteiger partial charge in [0.1, 0.15) is 16.7 Å². The Bertz CT molecular complexity index is 1570. The largest absolute Gasteiger partial charge is 0.495 e. The molecule has 0 aliphatic carbocycles. The molecule has 186 valence electrons. The normalized spacial score (nSPS) is 11.5. The Morgan fingerprint density at radius 2 is 2.00 bits per heavy atom. The van der Waals surface area contributed by atoms with Crippen molar-refractivity contribution in [3.8, 4) is 22.9 Å². The Hall–Kier alpha value is -4.26. The van der Waals surface area contributed by atoms with Crippen molar-refractivity contribution >= 4 is 34.7 Å². The quantitative estimate of drug-likeness (QED) is 0.328. The Morgan fingerprint density at radius 1 is 1.19 bits per heavy atom. The van der Waals surface area contributed by atoms with Crippen LogP contribution < -0.4 is 10.3 Å². The molecule has 0 radical (unpaired) electrons. The van der Waals surface area contributed by atoms with E-state index in [0.29, 0.717) is 32.3 Å². The smallest absolute Gasteiger partial charge is 0.345 e. The summed E-state index contributed by atoms with van der Waals surface area (Å²) in [6.45, 7) is 0. The standard InChI is InChI=1S/C27H20ClN3O5S/c1-36-24-15-31(26(33)13-21(24)20-10-17(28)6-5-16(20)14-29)22(11-18-4-2-3-9-30-18)23(32)12-19-7-8-25(37-19)27(34)35/h2-10,13,15,22H,11-12H2,1H3,(H,34,35). The van der Waals surface area contributed by atoms with Crippen LogP contribution in [0.4, 0.5) is 0 Å². The summed E-state index contributed by atoms with van der Waals surface area (Å²) in [5.74, 6) is -1.08. The van der Waals surface area contributed by atoms with Crippen LogP contribution in [0, 0.1) is 11.3 Å². The average molecular weight is 534 g/mol. The highest BCUT2D eigenvalue weighted by molar-refractivity contribution is 7.14. The number of halogens is 1. The second kappa shape index (κ2) is 11.2. The van der Waals surface area contributed by atoms with Gasteiger partial charge < -0.3 is 14.4 Å². The minimum absolute atomic E-state index is 0.0567. The van der Waals surface area contributed by atoms with Crippen molar-refractivity contribution in [1.82, 2.24) is 9.55 Å². The van der Waals surface area contributed by atoms with Gasteiger partial charge in [0.05, 0.1) is 24.9 Å². The van der Waals surface area contributed by atoms with Gasteiger partial charge in [-0.25, -0.2) is 4.79 Å². The number of aromatic nitrogens is 2. The number of Topliss-reactive ketones (excluding diaryl/α,β-unsaturated/α-hetero) is 1. The summed E-state index contributed by atoms with van der Waals surface area (Å²) in [4.78, 5) is 43.2. The lowest BCUT2D eigenvalue weighted by molar-refractivity contribution is -0.121. The number of aromatic carboxylic acids is 1. The zero-order valence-corrected chi connectivity index (χ0v) is 21.1. The van der Waals surface area contributed by atoms with Gasteiger partial charge in [-0.2, -0.15) is 5.26 Å². The zero-order chi connectivity index (χ0) is 26.5. The molecule has 0 fully saturated rings. The monoisotopic (exact) mass is 533 g/mol. The van der Waals surface area contributed by atoms with Gasteiger partial charge in [-0.15, -0.1) is 11.3 Å². The number of nitriles is 1. The number of carbonyl (C=O) groups excluding carboxylic acids is 1. The Balaban J connectivity index is 1.79. The van der Waals surface area contributed by atoms with Crippen LogP contribution in [0.5, 0.6) is 5.75 Å². The molecule has 10 heteroatoms. The van der Waals surface area contributed by atoms with Crippen LogP contribution in [0.15, 0.2) is 71.8 Å². The Kier molecular flexibility index (Phi) is 7.82. The number of carboxylic acid groups (broad SMARTS) is 1. The van der Waals surface area contributed by atoms with Crippen LogP contribution in [0.2, 0.25) is 5.02 Å². The predicted molar refractivity (Wildman–Crippen MR) is 139 cm³/mol. The Morgan fingerprint density at radius 3 is 2.65 bits per heavy atom. The van der Waals surface area contributed by atoms with Crippen LogP contribution in [-0.4, -0.2) is 33.5 Å². The first kappa shape index (κ1) is 25.8. The molecule has 1 unspecified atom stereocenters. The van der Waals surface area contributed by atoms with E-state index in [2.05, 4.69) is 11.1 Å². The molecule has 8 nitrogen and oxygen atoms in total. The van der Waals surface area contributed by atoms with Crippen LogP contribution in [-0.2, 0) is 17.6 Å². The molecule has 3 heterocycles. The number of thiophene rings is 1. The number of ether oxygens (including phenoxy) is 1. The molecule has 0 aliphatic heterocycles.